The SMILES string of the molecule is C=CCSCCNC(=O)N1CCCC1(C)C(=O)O. The first-order valence-corrected chi connectivity index (χ1v) is 7.15. The zero-order valence-electron chi connectivity index (χ0n) is 10.6. The number of rotatable bonds is 6. The van der Waals surface area contributed by atoms with Crippen molar-refractivity contribution in [2.45, 2.75) is 25.3 Å². The van der Waals surface area contributed by atoms with Gasteiger partial charge in [0.1, 0.15) is 5.54 Å². The van der Waals surface area contributed by atoms with Gasteiger partial charge in [0.15, 0.2) is 0 Å². The Hall–Kier alpha value is -1.17. The average molecular weight is 272 g/mol. The standard InChI is InChI=1S/C12H20N2O3S/c1-3-8-18-9-6-13-11(17)14-7-4-5-12(14,2)10(15)16/h3H,1,4-9H2,2H3,(H,13,17)(H,15,16). The second-order valence-corrected chi connectivity index (χ2v) is 5.58. The van der Waals surface area contributed by atoms with Gasteiger partial charge in [-0.2, -0.15) is 11.8 Å². The highest BCUT2D eigenvalue weighted by atomic mass is 32.2. The van der Waals surface area contributed by atoms with Crippen molar-refractivity contribution in [1.29, 1.82) is 0 Å². The molecule has 0 saturated carbocycles. The van der Waals surface area contributed by atoms with Crippen LogP contribution in [-0.2, 0) is 4.79 Å². The number of carboxylic acid groups (broad SMARTS) is 1. The minimum Gasteiger partial charge on any atom is -0.480 e. The first kappa shape index (κ1) is 14.9. The number of urea groups is 1. The molecule has 102 valence electrons. The van der Waals surface area contributed by atoms with E-state index in [1.807, 2.05) is 6.08 Å². The van der Waals surface area contributed by atoms with E-state index >= 15 is 0 Å². The summed E-state index contributed by atoms with van der Waals surface area (Å²) in [4.78, 5) is 24.6. The Bertz CT molecular complexity index is 335. The molecule has 1 atom stereocenters. The second-order valence-electron chi connectivity index (χ2n) is 4.43. The number of hydrogen-bond donors (Lipinski definition) is 2. The van der Waals surface area contributed by atoms with Gasteiger partial charge in [-0.05, 0) is 19.8 Å². The fourth-order valence-electron chi connectivity index (χ4n) is 2.00. The van der Waals surface area contributed by atoms with Crippen molar-refractivity contribution in [1.82, 2.24) is 10.2 Å². The number of carbonyl (C=O) groups is 2. The number of carboxylic acids is 1. The largest absolute Gasteiger partial charge is 0.480 e. The normalized spacial score (nSPS) is 22.8. The minimum atomic E-state index is -1.06. The van der Waals surface area contributed by atoms with Gasteiger partial charge in [-0.1, -0.05) is 6.08 Å². The van der Waals surface area contributed by atoms with E-state index in [0.717, 1.165) is 17.9 Å². The van der Waals surface area contributed by atoms with E-state index in [2.05, 4.69) is 11.9 Å². The van der Waals surface area contributed by atoms with Crippen LogP contribution in [0.3, 0.4) is 0 Å². The molecule has 18 heavy (non-hydrogen) atoms. The predicted molar refractivity (Wildman–Crippen MR) is 72.9 cm³/mol. The zero-order chi connectivity index (χ0) is 13.6. The molecule has 6 heteroatoms. The van der Waals surface area contributed by atoms with Gasteiger partial charge in [-0.25, -0.2) is 9.59 Å². The molecule has 0 aromatic heterocycles. The molecule has 0 radical (unpaired) electrons. The summed E-state index contributed by atoms with van der Waals surface area (Å²) >= 11 is 1.68. The van der Waals surface area contributed by atoms with E-state index in [-0.39, 0.29) is 6.03 Å². The Morgan fingerprint density at radius 2 is 2.33 bits per heavy atom. The number of carbonyl (C=O) groups excluding carboxylic acids is 1. The van der Waals surface area contributed by atoms with Crippen LogP contribution in [0.15, 0.2) is 12.7 Å². The molecule has 2 N–H and O–H groups in total. The second kappa shape index (κ2) is 6.68. The lowest BCUT2D eigenvalue weighted by atomic mass is 10.00. The third kappa shape index (κ3) is 3.41. The van der Waals surface area contributed by atoms with Gasteiger partial charge in [0.2, 0.25) is 0 Å². The van der Waals surface area contributed by atoms with E-state index in [1.165, 1.54) is 4.90 Å². The Kier molecular flexibility index (Phi) is 5.53. The first-order chi connectivity index (χ1) is 8.52. The molecular formula is C12H20N2O3S. The average Bonchev–Trinajstić information content (AvgIpc) is 2.72. The summed E-state index contributed by atoms with van der Waals surface area (Å²) in [5, 5.41) is 12.0. The van der Waals surface area contributed by atoms with Gasteiger partial charge < -0.3 is 15.3 Å². The lowest BCUT2D eigenvalue weighted by Crippen LogP contribution is -2.54. The van der Waals surface area contributed by atoms with E-state index in [0.29, 0.717) is 19.5 Å². The molecule has 5 nitrogen and oxygen atoms in total. The summed E-state index contributed by atoms with van der Waals surface area (Å²) in [6.07, 6.45) is 3.07. The number of amides is 2. The summed E-state index contributed by atoms with van der Waals surface area (Å²) < 4.78 is 0. The van der Waals surface area contributed by atoms with Gasteiger partial charge in [-0.3, -0.25) is 0 Å². The highest BCUT2D eigenvalue weighted by Crippen LogP contribution is 2.29. The summed E-state index contributed by atoms with van der Waals surface area (Å²) in [6.45, 7) is 6.27. The van der Waals surface area contributed by atoms with Crippen LogP contribution in [0, 0.1) is 0 Å². The third-order valence-electron chi connectivity index (χ3n) is 3.11. The fraction of sp³-hybridized carbons (Fsp3) is 0.667. The number of hydrogen-bond acceptors (Lipinski definition) is 3. The van der Waals surface area contributed by atoms with Crippen LogP contribution in [0.4, 0.5) is 4.79 Å². The monoisotopic (exact) mass is 272 g/mol. The van der Waals surface area contributed by atoms with Crippen LogP contribution in [0.2, 0.25) is 0 Å². The molecule has 2 amide bonds. The van der Waals surface area contributed by atoms with Crippen LogP contribution in [0.5, 0.6) is 0 Å². The van der Waals surface area contributed by atoms with Crippen molar-refractivity contribution in [3.63, 3.8) is 0 Å². The summed E-state index contributed by atoms with van der Waals surface area (Å²) in [5.74, 6) is 0.720. The Morgan fingerprint density at radius 1 is 1.61 bits per heavy atom. The third-order valence-corrected chi connectivity index (χ3v) is 4.07. The van der Waals surface area contributed by atoms with E-state index in [1.54, 1.807) is 18.7 Å². The molecule has 0 spiro atoms. The molecule has 0 aromatic rings. The number of thioether (sulfide) groups is 1. The summed E-state index contributed by atoms with van der Waals surface area (Å²) in [7, 11) is 0. The Labute approximate surface area is 112 Å². The van der Waals surface area contributed by atoms with Gasteiger partial charge >= 0.3 is 12.0 Å². The molecule has 1 heterocycles. The molecule has 1 fully saturated rings. The minimum absolute atomic E-state index is 0.281. The van der Waals surface area contributed by atoms with Gasteiger partial charge in [-0.15, -0.1) is 6.58 Å². The zero-order valence-corrected chi connectivity index (χ0v) is 11.5. The maximum atomic E-state index is 11.9. The smallest absolute Gasteiger partial charge is 0.329 e. The lowest BCUT2D eigenvalue weighted by Gasteiger charge is -2.31. The molecule has 1 aliphatic heterocycles. The highest BCUT2D eigenvalue weighted by Gasteiger charge is 2.45. The van der Waals surface area contributed by atoms with Crippen LogP contribution in [0.25, 0.3) is 0 Å². The molecule has 1 rings (SSSR count). The van der Waals surface area contributed by atoms with Crippen molar-refractivity contribution in [3.05, 3.63) is 12.7 Å². The number of aliphatic carboxylic acids is 1. The maximum absolute atomic E-state index is 11.9. The number of nitrogens with one attached hydrogen (secondary N) is 1. The van der Waals surface area contributed by atoms with Crippen molar-refractivity contribution < 1.29 is 14.7 Å². The maximum Gasteiger partial charge on any atom is 0.329 e. The lowest BCUT2D eigenvalue weighted by molar-refractivity contribution is -0.147. The Balaban J connectivity index is 2.41. The van der Waals surface area contributed by atoms with Crippen molar-refractivity contribution in [2.75, 3.05) is 24.6 Å². The topological polar surface area (TPSA) is 69.6 Å². The van der Waals surface area contributed by atoms with E-state index in [9.17, 15) is 14.7 Å². The van der Waals surface area contributed by atoms with Crippen molar-refractivity contribution in [3.8, 4) is 0 Å². The van der Waals surface area contributed by atoms with Crippen molar-refractivity contribution in [2.24, 2.45) is 0 Å². The fourth-order valence-corrected chi connectivity index (χ4v) is 2.58. The molecule has 1 unspecified atom stereocenters. The van der Waals surface area contributed by atoms with E-state index in [4.69, 9.17) is 0 Å². The molecule has 1 saturated heterocycles. The highest BCUT2D eigenvalue weighted by molar-refractivity contribution is 7.99. The van der Waals surface area contributed by atoms with Crippen LogP contribution < -0.4 is 5.32 Å². The van der Waals surface area contributed by atoms with Gasteiger partial charge in [0.05, 0.1) is 0 Å². The summed E-state index contributed by atoms with van der Waals surface area (Å²) in [5.41, 5.74) is -1.06. The molecular weight excluding hydrogens is 252 g/mol. The van der Waals surface area contributed by atoms with Gasteiger partial charge in [0.25, 0.3) is 0 Å². The van der Waals surface area contributed by atoms with E-state index < -0.39 is 11.5 Å². The molecule has 1 aliphatic rings. The predicted octanol–water partition coefficient (Wildman–Crippen LogP) is 1.55. The Morgan fingerprint density at radius 3 is 2.94 bits per heavy atom. The molecule has 0 bridgehead atoms. The van der Waals surface area contributed by atoms with Crippen LogP contribution in [-0.4, -0.2) is 52.1 Å². The first-order valence-electron chi connectivity index (χ1n) is 6.00. The summed E-state index contributed by atoms with van der Waals surface area (Å²) in [6, 6.07) is -0.281. The van der Waals surface area contributed by atoms with Gasteiger partial charge in [0, 0.05) is 24.6 Å². The molecule has 0 aliphatic carbocycles. The number of likely N-dealkylation sites (tertiary alicyclic amines) is 1. The quantitative estimate of drug-likeness (QED) is 0.568. The van der Waals surface area contributed by atoms with Crippen LogP contribution in [0.1, 0.15) is 19.8 Å². The number of nitrogens with zero attached hydrogens (tertiary/aromatic N) is 1. The molecule has 0 aromatic carbocycles. The van der Waals surface area contributed by atoms with Crippen molar-refractivity contribution >= 4 is 23.8 Å². The van der Waals surface area contributed by atoms with Crippen LogP contribution >= 0.6 is 11.8 Å².